The Labute approximate surface area is 113 Å². The minimum Gasteiger partial charge on any atom is -0.384 e. The van der Waals surface area contributed by atoms with E-state index in [1.165, 1.54) is 0 Å². The molecule has 1 aromatic heterocycles. The number of benzene rings is 1. The monoisotopic (exact) mass is 279 g/mol. The topological polar surface area (TPSA) is 62.8 Å². The molecule has 19 heavy (non-hydrogen) atoms. The molecule has 0 fully saturated rings. The van der Waals surface area contributed by atoms with Crippen molar-refractivity contribution in [3.63, 3.8) is 0 Å². The molecule has 0 atom stereocenters. The summed E-state index contributed by atoms with van der Waals surface area (Å²) in [5.41, 5.74) is 6.56. The lowest BCUT2D eigenvalue weighted by Crippen LogP contribution is -2.13. The zero-order valence-corrected chi connectivity index (χ0v) is 10.9. The molecule has 3 nitrogen and oxygen atoms in total. The molecule has 2 rings (SSSR count). The van der Waals surface area contributed by atoms with Crippen molar-refractivity contribution in [3.05, 3.63) is 53.2 Å². The van der Waals surface area contributed by atoms with E-state index in [1.807, 2.05) is 0 Å². The van der Waals surface area contributed by atoms with Gasteiger partial charge < -0.3 is 5.73 Å². The van der Waals surface area contributed by atoms with Crippen LogP contribution < -0.4 is 5.73 Å². The lowest BCUT2D eigenvalue weighted by Gasteiger charge is -2.08. The summed E-state index contributed by atoms with van der Waals surface area (Å²) in [5, 5.41) is 7.85. The molecule has 0 radical (unpaired) electrons. The number of halogens is 2. The largest absolute Gasteiger partial charge is 0.384 e. The minimum absolute atomic E-state index is 0.112. The van der Waals surface area contributed by atoms with Gasteiger partial charge in [0.2, 0.25) is 0 Å². The predicted octanol–water partition coefficient (Wildman–Crippen LogP) is 3.10. The highest BCUT2D eigenvalue weighted by molar-refractivity contribution is 7.99. The highest BCUT2D eigenvalue weighted by Gasteiger charge is 2.12. The molecule has 0 saturated carbocycles. The van der Waals surface area contributed by atoms with E-state index in [0.29, 0.717) is 16.3 Å². The molecule has 98 valence electrons. The minimum atomic E-state index is -0.538. The van der Waals surface area contributed by atoms with Gasteiger partial charge in [-0.25, -0.2) is 13.8 Å². The van der Waals surface area contributed by atoms with Crippen LogP contribution in [0.2, 0.25) is 0 Å². The first-order valence-corrected chi connectivity index (χ1v) is 6.24. The maximum absolute atomic E-state index is 13.6. The van der Waals surface area contributed by atoms with Crippen molar-refractivity contribution in [2.24, 2.45) is 5.73 Å². The number of amidine groups is 1. The van der Waals surface area contributed by atoms with E-state index < -0.39 is 11.6 Å². The van der Waals surface area contributed by atoms with Gasteiger partial charge in [-0.15, -0.1) is 0 Å². The highest BCUT2D eigenvalue weighted by Crippen LogP contribution is 2.31. The number of hydrogen-bond donors (Lipinski definition) is 2. The normalized spacial score (nSPS) is 10.5. The van der Waals surface area contributed by atoms with Crippen molar-refractivity contribution in [1.29, 1.82) is 5.41 Å². The van der Waals surface area contributed by atoms with Gasteiger partial charge in [-0.2, -0.15) is 0 Å². The number of rotatable bonds is 3. The van der Waals surface area contributed by atoms with Crippen LogP contribution in [0.1, 0.15) is 11.3 Å². The molecule has 0 aliphatic heterocycles. The first-order chi connectivity index (χ1) is 8.97. The van der Waals surface area contributed by atoms with Crippen LogP contribution in [0.3, 0.4) is 0 Å². The van der Waals surface area contributed by atoms with Crippen LogP contribution in [-0.4, -0.2) is 10.8 Å². The van der Waals surface area contributed by atoms with Gasteiger partial charge in [0.25, 0.3) is 0 Å². The van der Waals surface area contributed by atoms with Crippen molar-refractivity contribution in [1.82, 2.24) is 4.98 Å². The SMILES string of the molecule is Cc1ccc(C(=N)N)c(Sc2cc(F)ccc2F)n1. The number of nitrogens with one attached hydrogen (secondary N) is 1. The van der Waals surface area contributed by atoms with Crippen LogP contribution in [-0.2, 0) is 0 Å². The molecule has 1 heterocycles. The Bertz CT molecular complexity index is 644. The fourth-order valence-electron chi connectivity index (χ4n) is 1.48. The molecule has 0 aliphatic carbocycles. The molecule has 0 amide bonds. The molecule has 2 aromatic rings. The number of nitrogens with two attached hydrogens (primary N) is 1. The Morgan fingerprint density at radius 1 is 1.26 bits per heavy atom. The molecule has 3 N–H and O–H groups in total. The first kappa shape index (κ1) is 13.5. The van der Waals surface area contributed by atoms with E-state index in [9.17, 15) is 8.78 Å². The summed E-state index contributed by atoms with van der Waals surface area (Å²) in [6, 6.07) is 6.55. The second-order valence-corrected chi connectivity index (χ2v) is 4.93. The average molecular weight is 279 g/mol. The van der Waals surface area contributed by atoms with E-state index in [0.717, 1.165) is 30.0 Å². The quantitative estimate of drug-likeness (QED) is 0.670. The predicted molar refractivity (Wildman–Crippen MR) is 70.5 cm³/mol. The van der Waals surface area contributed by atoms with Crippen molar-refractivity contribution in [2.45, 2.75) is 16.8 Å². The van der Waals surface area contributed by atoms with E-state index >= 15 is 0 Å². The molecule has 0 saturated heterocycles. The molecule has 0 aliphatic rings. The molecule has 6 heteroatoms. The third kappa shape index (κ3) is 3.08. The highest BCUT2D eigenvalue weighted by atomic mass is 32.2. The zero-order chi connectivity index (χ0) is 14.0. The maximum atomic E-state index is 13.6. The van der Waals surface area contributed by atoms with Crippen molar-refractivity contribution in [3.8, 4) is 0 Å². The lowest BCUT2D eigenvalue weighted by molar-refractivity contribution is 0.577. The van der Waals surface area contributed by atoms with Crippen molar-refractivity contribution in [2.75, 3.05) is 0 Å². The van der Waals surface area contributed by atoms with Crippen LogP contribution in [0.15, 0.2) is 40.3 Å². The van der Waals surface area contributed by atoms with E-state index in [4.69, 9.17) is 11.1 Å². The summed E-state index contributed by atoms with van der Waals surface area (Å²) in [7, 11) is 0. The van der Waals surface area contributed by atoms with Gasteiger partial charge in [-0.3, -0.25) is 5.41 Å². The van der Waals surface area contributed by atoms with E-state index in [1.54, 1.807) is 19.1 Å². The third-order valence-corrected chi connectivity index (χ3v) is 3.43. The second kappa shape index (κ2) is 5.36. The summed E-state index contributed by atoms with van der Waals surface area (Å²) in [4.78, 5) is 4.33. The lowest BCUT2D eigenvalue weighted by atomic mass is 10.2. The van der Waals surface area contributed by atoms with Crippen LogP contribution >= 0.6 is 11.8 Å². The van der Waals surface area contributed by atoms with Crippen LogP contribution in [0.5, 0.6) is 0 Å². The van der Waals surface area contributed by atoms with Crippen LogP contribution in [0.25, 0.3) is 0 Å². The summed E-state index contributed by atoms with van der Waals surface area (Å²) in [5.74, 6) is -1.23. The molecule has 1 aromatic carbocycles. The molecule has 0 bridgehead atoms. The van der Waals surface area contributed by atoms with Gasteiger partial charge in [-0.05, 0) is 37.3 Å². The Hall–Kier alpha value is -1.95. The fraction of sp³-hybridized carbons (Fsp3) is 0.0769. The van der Waals surface area contributed by atoms with Gasteiger partial charge in [0, 0.05) is 11.3 Å². The molecular formula is C13H11F2N3S. The summed E-state index contributed by atoms with van der Waals surface area (Å²) < 4.78 is 26.7. The number of aromatic nitrogens is 1. The first-order valence-electron chi connectivity index (χ1n) is 5.42. The standard InChI is InChI=1S/C13H11F2N3S/c1-7-2-4-9(12(16)17)13(18-7)19-11-6-8(14)3-5-10(11)15/h2-6H,1H3,(H3,16,17). The average Bonchev–Trinajstić information content (AvgIpc) is 2.33. The number of nitrogens with zero attached hydrogens (tertiary/aromatic N) is 1. The van der Waals surface area contributed by atoms with Gasteiger partial charge in [0.15, 0.2) is 0 Å². The van der Waals surface area contributed by atoms with Gasteiger partial charge in [-0.1, -0.05) is 11.8 Å². The third-order valence-electron chi connectivity index (χ3n) is 2.39. The smallest absolute Gasteiger partial charge is 0.137 e. The number of hydrogen-bond acceptors (Lipinski definition) is 3. The van der Waals surface area contributed by atoms with E-state index in [-0.39, 0.29) is 10.7 Å². The van der Waals surface area contributed by atoms with Crippen LogP contribution in [0, 0.1) is 24.0 Å². The summed E-state index contributed by atoms with van der Waals surface area (Å²) >= 11 is 0.951. The Morgan fingerprint density at radius 3 is 2.68 bits per heavy atom. The fourth-order valence-corrected chi connectivity index (χ4v) is 2.50. The van der Waals surface area contributed by atoms with Crippen molar-refractivity contribution >= 4 is 17.6 Å². The van der Waals surface area contributed by atoms with Crippen molar-refractivity contribution < 1.29 is 8.78 Å². The van der Waals surface area contributed by atoms with Gasteiger partial charge >= 0.3 is 0 Å². The van der Waals surface area contributed by atoms with Gasteiger partial charge in [0.1, 0.15) is 22.5 Å². The van der Waals surface area contributed by atoms with Gasteiger partial charge in [0.05, 0.1) is 4.90 Å². The number of aryl methyl sites for hydroxylation is 1. The molecular weight excluding hydrogens is 268 g/mol. The molecule has 0 spiro atoms. The molecule has 0 unspecified atom stereocenters. The van der Waals surface area contributed by atoms with Crippen LogP contribution in [0.4, 0.5) is 8.78 Å². The van der Waals surface area contributed by atoms with E-state index in [2.05, 4.69) is 4.98 Å². The maximum Gasteiger partial charge on any atom is 0.137 e. The number of pyridine rings is 1. The Balaban J connectivity index is 2.45. The zero-order valence-electron chi connectivity index (χ0n) is 10.1. The number of nitrogen functional groups attached to an aromatic ring is 1. The Kier molecular flexibility index (Phi) is 3.80. The summed E-state index contributed by atoms with van der Waals surface area (Å²) in [6.45, 7) is 1.77. The second-order valence-electron chi connectivity index (χ2n) is 3.90. The Morgan fingerprint density at radius 2 is 2.00 bits per heavy atom. The summed E-state index contributed by atoms with van der Waals surface area (Å²) in [6.07, 6.45) is 0.